The summed E-state index contributed by atoms with van der Waals surface area (Å²) in [5.74, 6) is 3.00. The molecule has 48 heavy (non-hydrogen) atoms. The Bertz CT molecular complexity index is 1360. The van der Waals surface area contributed by atoms with E-state index in [-0.39, 0.29) is 29.4 Å². The van der Waals surface area contributed by atoms with Gasteiger partial charge in [-0.3, -0.25) is 9.59 Å². The van der Waals surface area contributed by atoms with Crippen LogP contribution in [-0.4, -0.2) is 52.2 Å². The third-order valence-electron chi connectivity index (χ3n) is 13.0. The Kier molecular flexibility index (Phi) is 11.8. The number of unbranched alkanes of at least 4 members (excludes halogenated alkanes) is 8. The van der Waals surface area contributed by atoms with E-state index in [0.717, 1.165) is 50.5 Å². The number of fused-ring (bicyclic) bond motifs is 5. The number of carbonyl (C=O) groups excluding carboxylic acids is 2. The van der Waals surface area contributed by atoms with Gasteiger partial charge in [-0.25, -0.2) is 0 Å². The second-order valence-electron chi connectivity index (χ2n) is 15.9. The van der Waals surface area contributed by atoms with Crippen LogP contribution < -0.4 is 5.32 Å². The number of phenolic OH excluding ortho intramolecular Hbond substituents is 1. The molecule has 2 aromatic carbocycles. The Labute approximate surface area is 289 Å². The summed E-state index contributed by atoms with van der Waals surface area (Å²) in [5, 5.41) is 24.3. The van der Waals surface area contributed by atoms with Crippen molar-refractivity contribution in [3.05, 3.63) is 65.2 Å². The highest BCUT2D eigenvalue weighted by Gasteiger charge is 2.56. The number of nitrogens with zero attached hydrogens (tertiary/aromatic N) is 1. The zero-order valence-electron chi connectivity index (χ0n) is 29.4. The van der Waals surface area contributed by atoms with Crippen molar-refractivity contribution < 1.29 is 19.8 Å². The van der Waals surface area contributed by atoms with Gasteiger partial charge in [-0.15, -0.1) is 0 Å². The topological polar surface area (TPSA) is 89.9 Å². The Morgan fingerprint density at radius 1 is 0.896 bits per heavy atom. The number of benzene rings is 2. The Hall–Kier alpha value is -2.86. The number of hydrogen-bond donors (Lipinski definition) is 3. The lowest BCUT2D eigenvalue weighted by Crippen LogP contribution is -2.47. The van der Waals surface area contributed by atoms with Crippen molar-refractivity contribution in [2.24, 2.45) is 23.2 Å². The van der Waals surface area contributed by atoms with E-state index in [4.69, 9.17) is 0 Å². The van der Waals surface area contributed by atoms with E-state index in [0.29, 0.717) is 48.9 Å². The van der Waals surface area contributed by atoms with E-state index < -0.39 is 0 Å². The highest BCUT2D eigenvalue weighted by molar-refractivity contribution is 5.89. The molecule has 0 spiro atoms. The van der Waals surface area contributed by atoms with Gasteiger partial charge in [-0.1, -0.05) is 94.7 Å². The largest absolute Gasteiger partial charge is 0.508 e. The molecular weight excluding hydrogens is 596 g/mol. The Balaban J connectivity index is 0.841. The van der Waals surface area contributed by atoms with Gasteiger partial charge in [0, 0.05) is 13.1 Å². The maximum Gasteiger partial charge on any atom is 0.242 e. The van der Waals surface area contributed by atoms with E-state index in [2.05, 4.69) is 18.3 Å². The molecule has 1 saturated heterocycles. The van der Waals surface area contributed by atoms with Crippen molar-refractivity contribution in [1.29, 1.82) is 0 Å². The van der Waals surface area contributed by atoms with Crippen molar-refractivity contribution in [1.82, 2.24) is 10.2 Å². The summed E-state index contributed by atoms with van der Waals surface area (Å²) in [6.45, 7) is 3.74. The van der Waals surface area contributed by atoms with Crippen LogP contribution in [0, 0.1) is 23.2 Å². The van der Waals surface area contributed by atoms with Crippen molar-refractivity contribution in [2.45, 2.75) is 141 Å². The first-order valence-corrected chi connectivity index (χ1v) is 19.5. The van der Waals surface area contributed by atoms with Crippen molar-refractivity contribution in [3.63, 3.8) is 0 Å². The van der Waals surface area contributed by atoms with Gasteiger partial charge in [-0.05, 0) is 116 Å². The first-order valence-electron chi connectivity index (χ1n) is 19.5. The number of likely N-dealkylation sites (tertiary alicyclic amines) is 1. The molecule has 3 N–H and O–H groups in total. The van der Waals surface area contributed by atoms with Crippen LogP contribution in [0.15, 0.2) is 48.5 Å². The van der Waals surface area contributed by atoms with E-state index in [1.54, 1.807) is 4.90 Å². The van der Waals surface area contributed by atoms with Crippen LogP contribution in [0.2, 0.25) is 0 Å². The van der Waals surface area contributed by atoms with E-state index in [1.165, 1.54) is 75.3 Å². The predicted molar refractivity (Wildman–Crippen MR) is 192 cm³/mol. The molecule has 262 valence electrons. The third-order valence-corrected chi connectivity index (χ3v) is 13.0. The second-order valence-corrected chi connectivity index (χ2v) is 15.9. The van der Waals surface area contributed by atoms with E-state index in [9.17, 15) is 19.8 Å². The minimum absolute atomic E-state index is 0.0124. The van der Waals surface area contributed by atoms with Gasteiger partial charge in [-0.2, -0.15) is 0 Å². The smallest absolute Gasteiger partial charge is 0.242 e. The Morgan fingerprint density at radius 2 is 1.62 bits per heavy atom. The fourth-order valence-corrected chi connectivity index (χ4v) is 10.3. The highest BCUT2D eigenvalue weighted by atomic mass is 16.3. The quantitative estimate of drug-likeness (QED) is 0.169. The molecule has 3 fully saturated rings. The molecule has 6 heteroatoms. The lowest BCUT2D eigenvalue weighted by molar-refractivity contribution is -0.137. The third kappa shape index (κ3) is 7.95. The predicted octanol–water partition coefficient (Wildman–Crippen LogP) is 8.09. The number of aromatic hydroxyl groups is 1. The van der Waals surface area contributed by atoms with Gasteiger partial charge < -0.3 is 20.4 Å². The van der Waals surface area contributed by atoms with Gasteiger partial charge in [0.15, 0.2) is 0 Å². The lowest BCUT2D eigenvalue weighted by Gasteiger charge is -2.53. The van der Waals surface area contributed by atoms with Crippen LogP contribution in [0.4, 0.5) is 0 Å². The summed E-state index contributed by atoms with van der Waals surface area (Å²) in [6.07, 6.45) is 19.7. The number of aliphatic hydroxyl groups is 1. The summed E-state index contributed by atoms with van der Waals surface area (Å²) in [4.78, 5) is 27.5. The summed E-state index contributed by atoms with van der Waals surface area (Å²) in [5.41, 5.74) is 3.93. The van der Waals surface area contributed by atoms with Gasteiger partial charge in [0.1, 0.15) is 11.8 Å². The molecule has 1 aliphatic heterocycles. The number of rotatable bonds is 15. The summed E-state index contributed by atoms with van der Waals surface area (Å²) in [6, 6.07) is 15.6. The average Bonchev–Trinajstić information content (AvgIpc) is 3.70. The standard InChI is InChI=1S/C42H60N2O4/c1-42-24-23-35-34-20-19-33(45)29-32(34)28-31(40(35)36(42)21-22-38(42)46)17-12-7-5-3-2-4-6-8-13-25-43-41(48)37-18-14-26-44(37)39(47)27-30-15-10-9-11-16-30/h9-11,15-16,19-20,29,31,35-38,40,45-46H,2-8,12-14,17-18,21-28H2,1H3,(H,43,48)/t31-,35-,36+,37+,38+,40-,42+/m1/s1. The zero-order chi connectivity index (χ0) is 33.5. The van der Waals surface area contributed by atoms with Crippen LogP contribution in [-0.2, 0) is 22.4 Å². The van der Waals surface area contributed by atoms with Crippen molar-refractivity contribution in [3.8, 4) is 5.75 Å². The number of amides is 2. The van der Waals surface area contributed by atoms with Gasteiger partial charge in [0.2, 0.25) is 11.8 Å². The first kappa shape index (κ1) is 35.0. The molecule has 2 aromatic rings. The van der Waals surface area contributed by atoms with Crippen molar-refractivity contribution >= 4 is 11.8 Å². The minimum atomic E-state index is -0.316. The molecule has 0 aromatic heterocycles. The van der Waals surface area contributed by atoms with Crippen LogP contribution in [0.1, 0.15) is 132 Å². The summed E-state index contributed by atoms with van der Waals surface area (Å²) < 4.78 is 0. The summed E-state index contributed by atoms with van der Waals surface area (Å²) >= 11 is 0. The molecule has 0 radical (unpaired) electrons. The molecule has 0 unspecified atom stereocenters. The van der Waals surface area contributed by atoms with Crippen LogP contribution >= 0.6 is 0 Å². The molecule has 7 atom stereocenters. The van der Waals surface area contributed by atoms with Crippen molar-refractivity contribution in [2.75, 3.05) is 13.1 Å². The minimum Gasteiger partial charge on any atom is -0.508 e. The van der Waals surface area contributed by atoms with Crippen LogP contribution in [0.25, 0.3) is 0 Å². The molecule has 6 nitrogen and oxygen atoms in total. The molecule has 3 aliphatic carbocycles. The number of phenols is 1. The fourth-order valence-electron chi connectivity index (χ4n) is 10.3. The second kappa shape index (κ2) is 16.2. The van der Waals surface area contributed by atoms with E-state index in [1.807, 2.05) is 42.5 Å². The number of aliphatic hydroxyl groups excluding tert-OH is 1. The average molecular weight is 657 g/mol. The lowest BCUT2D eigenvalue weighted by atomic mass is 9.52. The maximum absolute atomic E-state index is 12.9. The molecule has 4 aliphatic rings. The van der Waals surface area contributed by atoms with Gasteiger partial charge in [0.25, 0.3) is 0 Å². The van der Waals surface area contributed by atoms with Crippen LogP contribution in [0.3, 0.4) is 0 Å². The Morgan fingerprint density at radius 3 is 2.40 bits per heavy atom. The molecule has 0 bridgehead atoms. The highest BCUT2D eigenvalue weighted by Crippen LogP contribution is 2.62. The molecular formula is C42H60N2O4. The zero-order valence-corrected chi connectivity index (χ0v) is 29.4. The first-order chi connectivity index (χ1) is 23.3. The fraction of sp³-hybridized carbons (Fsp3) is 0.667. The van der Waals surface area contributed by atoms with Crippen LogP contribution in [0.5, 0.6) is 5.75 Å². The molecule has 2 saturated carbocycles. The van der Waals surface area contributed by atoms with Gasteiger partial charge in [0.05, 0.1) is 12.5 Å². The number of carbonyl (C=O) groups is 2. The normalized spacial score (nSPS) is 29.2. The van der Waals surface area contributed by atoms with E-state index >= 15 is 0 Å². The maximum atomic E-state index is 12.9. The number of hydrogen-bond acceptors (Lipinski definition) is 4. The molecule has 6 rings (SSSR count). The monoisotopic (exact) mass is 656 g/mol. The summed E-state index contributed by atoms with van der Waals surface area (Å²) in [7, 11) is 0. The number of nitrogens with one attached hydrogen (secondary N) is 1. The molecule has 2 amide bonds. The molecule has 1 heterocycles. The SMILES string of the molecule is C[C@]12CC[C@@H]3c4ccc(O)cc4C[C@@H](CCCCCCCCCCCNC(=O)[C@@H]4CCCN4C(=O)Cc4ccccc4)[C@H]3[C@@H]1CC[C@@H]2O. The van der Waals surface area contributed by atoms with Gasteiger partial charge >= 0.3 is 0 Å².